The highest BCUT2D eigenvalue weighted by Crippen LogP contribution is 2.35. The van der Waals surface area contributed by atoms with Gasteiger partial charge in [-0.25, -0.2) is 0 Å². The van der Waals surface area contributed by atoms with Crippen LogP contribution in [0.5, 0.6) is 0 Å². The van der Waals surface area contributed by atoms with Gasteiger partial charge < -0.3 is 5.32 Å². The van der Waals surface area contributed by atoms with Crippen molar-refractivity contribution in [1.82, 2.24) is 10.2 Å². The van der Waals surface area contributed by atoms with Gasteiger partial charge in [-0.3, -0.25) is 4.90 Å². The Morgan fingerprint density at radius 3 is 2.16 bits per heavy atom. The molecule has 1 N–H and O–H groups in total. The van der Waals surface area contributed by atoms with E-state index in [0.29, 0.717) is 17.5 Å². The Morgan fingerprint density at radius 2 is 1.74 bits per heavy atom. The molecule has 2 nitrogen and oxygen atoms in total. The Balaban J connectivity index is 2.08. The maximum absolute atomic E-state index is 3.81. The number of hydrogen-bond donors (Lipinski definition) is 1. The topological polar surface area (TPSA) is 15.3 Å². The highest BCUT2D eigenvalue weighted by Gasteiger charge is 2.39. The van der Waals surface area contributed by atoms with Crippen molar-refractivity contribution in [3.63, 3.8) is 0 Å². The highest BCUT2D eigenvalue weighted by molar-refractivity contribution is 4.96. The summed E-state index contributed by atoms with van der Waals surface area (Å²) in [5.41, 5.74) is 0.361. The molecule has 0 amide bonds. The summed E-state index contributed by atoms with van der Waals surface area (Å²) in [6.07, 6.45) is 4.36. The fourth-order valence-electron chi connectivity index (χ4n) is 3.65. The first-order chi connectivity index (χ1) is 8.80. The normalized spacial score (nSPS) is 32.4. The molecule has 0 aromatic carbocycles. The third kappa shape index (κ3) is 3.33. The van der Waals surface area contributed by atoms with Gasteiger partial charge in [-0.15, -0.1) is 0 Å². The Kier molecular flexibility index (Phi) is 4.62. The molecule has 1 heterocycles. The summed E-state index contributed by atoms with van der Waals surface area (Å²) in [6.45, 7) is 16.7. The molecule has 112 valence electrons. The van der Waals surface area contributed by atoms with Crippen LogP contribution in [0.15, 0.2) is 0 Å². The summed E-state index contributed by atoms with van der Waals surface area (Å²) < 4.78 is 0. The molecule has 2 fully saturated rings. The van der Waals surface area contributed by atoms with E-state index in [2.05, 4.69) is 51.8 Å². The number of hydrogen-bond acceptors (Lipinski definition) is 2. The van der Waals surface area contributed by atoms with Gasteiger partial charge in [0.15, 0.2) is 0 Å². The van der Waals surface area contributed by atoms with E-state index in [1.807, 2.05) is 0 Å². The van der Waals surface area contributed by atoms with Gasteiger partial charge in [0.2, 0.25) is 0 Å². The maximum atomic E-state index is 3.81. The number of nitrogens with one attached hydrogen (secondary N) is 1. The first kappa shape index (κ1) is 15.3. The van der Waals surface area contributed by atoms with E-state index in [-0.39, 0.29) is 0 Å². The maximum Gasteiger partial charge on any atom is 0.0247 e. The third-order valence-corrected chi connectivity index (χ3v) is 5.56. The summed E-state index contributed by atoms with van der Waals surface area (Å²) in [5.74, 6) is 1.70. The molecule has 1 saturated heterocycles. The molecule has 19 heavy (non-hydrogen) atoms. The van der Waals surface area contributed by atoms with Crippen LogP contribution in [-0.4, -0.2) is 36.1 Å². The molecular weight excluding hydrogens is 232 g/mol. The first-order valence-electron chi connectivity index (χ1n) is 8.30. The van der Waals surface area contributed by atoms with Crippen molar-refractivity contribution in [2.24, 2.45) is 17.3 Å². The standard InChI is InChI=1S/C17H34N2/c1-12(2)15-10-18-16(17(4,5)6)11-19(15)13(3)14-8-7-9-14/h12-16,18H,7-11H2,1-6H3. The van der Waals surface area contributed by atoms with Crippen molar-refractivity contribution in [2.75, 3.05) is 13.1 Å². The largest absolute Gasteiger partial charge is 0.311 e. The molecule has 0 aromatic heterocycles. The molecule has 1 aliphatic heterocycles. The summed E-state index contributed by atoms with van der Waals surface area (Å²) in [5, 5.41) is 3.81. The quantitative estimate of drug-likeness (QED) is 0.841. The van der Waals surface area contributed by atoms with Gasteiger partial charge in [0, 0.05) is 31.2 Å². The molecule has 3 atom stereocenters. The molecule has 0 bridgehead atoms. The minimum absolute atomic E-state index is 0.361. The van der Waals surface area contributed by atoms with Gasteiger partial charge in [0.05, 0.1) is 0 Å². The average molecular weight is 266 g/mol. The van der Waals surface area contributed by atoms with Crippen LogP contribution in [0, 0.1) is 17.3 Å². The number of rotatable bonds is 3. The summed E-state index contributed by atoms with van der Waals surface area (Å²) in [7, 11) is 0. The molecule has 0 aromatic rings. The van der Waals surface area contributed by atoms with E-state index in [1.165, 1.54) is 25.8 Å². The second kappa shape index (κ2) is 5.73. The molecule has 0 spiro atoms. The van der Waals surface area contributed by atoms with Crippen LogP contribution in [0.3, 0.4) is 0 Å². The van der Waals surface area contributed by atoms with Crippen LogP contribution < -0.4 is 5.32 Å². The second-order valence-electron chi connectivity index (χ2n) is 8.27. The SMILES string of the molecule is CC(C)C1CNC(C(C)(C)C)CN1C(C)C1CCC1. The molecule has 1 saturated carbocycles. The zero-order chi connectivity index (χ0) is 14.2. The van der Waals surface area contributed by atoms with Crippen molar-refractivity contribution in [1.29, 1.82) is 0 Å². The first-order valence-corrected chi connectivity index (χ1v) is 8.30. The van der Waals surface area contributed by atoms with E-state index in [9.17, 15) is 0 Å². The molecule has 2 heteroatoms. The van der Waals surface area contributed by atoms with E-state index in [0.717, 1.165) is 24.4 Å². The van der Waals surface area contributed by atoms with Gasteiger partial charge in [0.1, 0.15) is 0 Å². The Morgan fingerprint density at radius 1 is 1.11 bits per heavy atom. The molecule has 0 radical (unpaired) electrons. The van der Waals surface area contributed by atoms with Gasteiger partial charge >= 0.3 is 0 Å². The molecular formula is C17H34N2. The van der Waals surface area contributed by atoms with Gasteiger partial charge in [-0.1, -0.05) is 41.0 Å². The fourth-order valence-corrected chi connectivity index (χ4v) is 3.65. The smallest absolute Gasteiger partial charge is 0.0247 e. The van der Waals surface area contributed by atoms with Gasteiger partial charge in [-0.05, 0) is 37.0 Å². The lowest BCUT2D eigenvalue weighted by molar-refractivity contribution is -0.000272. The zero-order valence-electron chi connectivity index (χ0n) is 13.9. The summed E-state index contributed by atoms with van der Waals surface area (Å²) in [6, 6.07) is 2.12. The van der Waals surface area contributed by atoms with Crippen LogP contribution in [0.1, 0.15) is 60.8 Å². The monoisotopic (exact) mass is 266 g/mol. The van der Waals surface area contributed by atoms with E-state index >= 15 is 0 Å². The second-order valence-corrected chi connectivity index (χ2v) is 8.27. The molecule has 2 aliphatic rings. The lowest BCUT2D eigenvalue weighted by atomic mass is 9.77. The summed E-state index contributed by atoms with van der Waals surface area (Å²) in [4.78, 5) is 2.83. The van der Waals surface area contributed by atoms with Gasteiger partial charge in [0.25, 0.3) is 0 Å². The molecule has 3 unspecified atom stereocenters. The lowest BCUT2D eigenvalue weighted by Gasteiger charge is -2.51. The van der Waals surface area contributed by atoms with Crippen LogP contribution in [0.4, 0.5) is 0 Å². The highest BCUT2D eigenvalue weighted by atomic mass is 15.3. The number of nitrogens with zero attached hydrogens (tertiary/aromatic N) is 1. The van der Waals surface area contributed by atoms with Crippen LogP contribution in [0.2, 0.25) is 0 Å². The molecule has 2 rings (SSSR count). The fraction of sp³-hybridized carbons (Fsp3) is 1.00. The summed E-state index contributed by atoms with van der Waals surface area (Å²) >= 11 is 0. The average Bonchev–Trinajstić information content (AvgIpc) is 2.24. The van der Waals surface area contributed by atoms with E-state index in [4.69, 9.17) is 0 Å². The van der Waals surface area contributed by atoms with Crippen molar-refractivity contribution in [2.45, 2.75) is 78.9 Å². The van der Waals surface area contributed by atoms with Crippen LogP contribution in [0.25, 0.3) is 0 Å². The van der Waals surface area contributed by atoms with E-state index < -0.39 is 0 Å². The predicted octanol–water partition coefficient (Wildman–Crippen LogP) is 3.52. The van der Waals surface area contributed by atoms with Crippen molar-refractivity contribution < 1.29 is 0 Å². The lowest BCUT2D eigenvalue weighted by Crippen LogP contribution is -2.64. The zero-order valence-corrected chi connectivity index (χ0v) is 13.9. The Hall–Kier alpha value is -0.0800. The minimum atomic E-state index is 0.361. The van der Waals surface area contributed by atoms with Crippen molar-refractivity contribution in [3.8, 4) is 0 Å². The van der Waals surface area contributed by atoms with Crippen LogP contribution >= 0.6 is 0 Å². The predicted molar refractivity (Wildman–Crippen MR) is 83.4 cm³/mol. The van der Waals surface area contributed by atoms with Gasteiger partial charge in [-0.2, -0.15) is 0 Å². The third-order valence-electron chi connectivity index (χ3n) is 5.56. The van der Waals surface area contributed by atoms with Crippen LogP contribution in [-0.2, 0) is 0 Å². The number of piperazine rings is 1. The Bertz CT molecular complexity index is 288. The minimum Gasteiger partial charge on any atom is -0.311 e. The van der Waals surface area contributed by atoms with E-state index in [1.54, 1.807) is 0 Å². The van der Waals surface area contributed by atoms with Crippen molar-refractivity contribution >= 4 is 0 Å². The Labute approximate surface area is 120 Å². The molecule has 1 aliphatic carbocycles. The van der Waals surface area contributed by atoms with Crippen molar-refractivity contribution in [3.05, 3.63) is 0 Å².